The number of halogens is 8. The van der Waals surface area contributed by atoms with Crippen LogP contribution in [0.2, 0.25) is 0 Å². The maximum atomic E-state index is 14.9. The molecule has 2 amide bonds. The molecule has 236 valence electrons. The smallest absolute Gasteiger partial charge is 0.435 e. The summed E-state index contributed by atoms with van der Waals surface area (Å²) in [6.07, 6.45) is -13.8. The average Bonchev–Trinajstić information content (AvgIpc) is 3.31. The Morgan fingerprint density at radius 1 is 1.00 bits per heavy atom. The molecule has 0 bridgehead atoms. The first-order valence-corrected chi connectivity index (χ1v) is 14.4. The first kappa shape index (κ1) is 32.5. The van der Waals surface area contributed by atoms with Gasteiger partial charge in [0.1, 0.15) is 16.6 Å². The Kier molecular flexibility index (Phi) is 8.03. The topological polar surface area (TPSA) is 104 Å². The van der Waals surface area contributed by atoms with Gasteiger partial charge in [-0.1, -0.05) is 32.0 Å². The molecule has 1 fully saturated rings. The highest BCUT2D eigenvalue weighted by atomic mass is 32.2. The van der Waals surface area contributed by atoms with Crippen LogP contribution >= 0.6 is 0 Å². The number of nitrogens with one attached hydrogen (secondary N) is 1. The molecule has 1 aliphatic carbocycles. The van der Waals surface area contributed by atoms with E-state index in [-0.39, 0.29) is 36.6 Å². The highest BCUT2D eigenvalue weighted by Gasteiger charge is 2.74. The lowest BCUT2D eigenvalue weighted by molar-refractivity contribution is -0.348. The van der Waals surface area contributed by atoms with E-state index >= 15 is 0 Å². The standard InChI is InChI=1S/C27H26F8N2O5S/c1-14(2)21(22(38)39)36-23(40)37-12-11-24(43(41,42)18-7-5-17(28)6-8-18)19-9-4-16(13-15(19)3-10-20(24)37)25(29,26(30,31)32)27(33,34)35/h4-9,13-14,20-21H,3,10-12H2,1-2H3,(H,36,40)(H,38,39)/t20-,21?,24-/m1/s1. The van der Waals surface area contributed by atoms with Crippen molar-refractivity contribution in [2.45, 2.75) is 72.9 Å². The maximum absolute atomic E-state index is 14.9. The third kappa shape index (κ3) is 5.00. The minimum atomic E-state index is -6.39. The van der Waals surface area contributed by atoms with Gasteiger partial charge < -0.3 is 15.3 Å². The summed E-state index contributed by atoms with van der Waals surface area (Å²) < 4.78 is 136. The van der Waals surface area contributed by atoms with Crippen LogP contribution < -0.4 is 5.32 Å². The number of aliphatic carboxylic acids is 1. The van der Waals surface area contributed by atoms with Gasteiger partial charge in [0.25, 0.3) is 0 Å². The van der Waals surface area contributed by atoms with E-state index in [2.05, 4.69) is 5.32 Å². The second-order valence-corrected chi connectivity index (χ2v) is 13.1. The molecular weight excluding hydrogens is 616 g/mol. The molecule has 0 saturated carbocycles. The van der Waals surface area contributed by atoms with Crippen molar-refractivity contribution in [2.75, 3.05) is 6.54 Å². The minimum absolute atomic E-state index is 0.228. The van der Waals surface area contributed by atoms with Gasteiger partial charge in [0.15, 0.2) is 9.84 Å². The van der Waals surface area contributed by atoms with Crippen LogP contribution in [0.4, 0.5) is 39.9 Å². The van der Waals surface area contributed by atoms with Gasteiger partial charge in [-0.2, -0.15) is 26.3 Å². The van der Waals surface area contributed by atoms with E-state index in [0.29, 0.717) is 12.1 Å². The molecular formula is C27H26F8N2O5S. The summed E-state index contributed by atoms with van der Waals surface area (Å²) in [6.45, 7) is 2.75. The van der Waals surface area contributed by atoms with E-state index in [1.165, 1.54) is 13.8 Å². The van der Waals surface area contributed by atoms with Crippen molar-refractivity contribution in [2.24, 2.45) is 5.92 Å². The molecule has 2 aromatic rings. The summed E-state index contributed by atoms with van der Waals surface area (Å²) in [5.41, 5.74) is -8.08. The molecule has 2 aromatic carbocycles. The Hall–Kier alpha value is -3.43. The monoisotopic (exact) mass is 642 g/mol. The van der Waals surface area contributed by atoms with Crippen molar-refractivity contribution in [3.05, 3.63) is 65.0 Å². The molecule has 43 heavy (non-hydrogen) atoms. The molecule has 4 rings (SSSR count). The summed E-state index contributed by atoms with van der Waals surface area (Å²) >= 11 is 0. The number of hydrogen-bond acceptors (Lipinski definition) is 4. The molecule has 7 nitrogen and oxygen atoms in total. The summed E-state index contributed by atoms with van der Waals surface area (Å²) in [4.78, 5) is 25.6. The Bertz CT molecular complexity index is 1510. The third-order valence-corrected chi connectivity index (χ3v) is 10.7. The lowest BCUT2D eigenvalue weighted by Gasteiger charge is -2.43. The fraction of sp³-hybridized carbons (Fsp3) is 0.481. The van der Waals surface area contributed by atoms with Gasteiger partial charge in [0, 0.05) is 12.1 Å². The quantitative estimate of drug-likeness (QED) is 0.315. The number of benzene rings is 2. The van der Waals surface area contributed by atoms with E-state index in [4.69, 9.17) is 0 Å². The van der Waals surface area contributed by atoms with Crippen molar-refractivity contribution < 1.29 is 58.2 Å². The molecule has 2 N–H and O–H groups in total. The lowest BCUT2D eigenvalue weighted by atomic mass is 9.77. The Labute approximate surface area is 240 Å². The Morgan fingerprint density at radius 2 is 1.58 bits per heavy atom. The molecule has 2 aliphatic rings. The van der Waals surface area contributed by atoms with Crippen molar-refractivity contribution in [3.63, 3.8) is 0 Å². The zero-order chi connectivity index (χ0) is 32.3. The number of fused-ring (bicyclic) bond motifs is 3. The summed E-state index contributed by atoms with van der Waals surface area (Å²) in [5, 5.41) is 11.8. The lowest BCUT2D eigenvalue weighted by Crippen LogP contribution is -2.56. The number of nitrogens with zero attached hydrogens (tertiary/aromatic N) is 1. The maximum Gasteiger partial charge on any atom is 0.435 e. The van der Waals surface area contributed by atoms with Gasteiger partial charge in [0.2, 0.25) is 0 Å². The second kappa shape index (κ2) is 10.6. The molecule has 1 aliphatic heterocycles. The van der Waals surface area contributed by atoms with Gasteiger partial charge >= 0.3 is 30.0 Å². The number of carboxylic acids is 1. The van der Waals surface area contributed by atoms with Crippen molar-refractivity contribution in [1.82, 2.24) is 10.2 Å². The largest absolute Gasteiger partial charge is 0.480 e. The van der Waals surface area contributed by atoms with Crippen LogP contribution in [0.15, 0.2) is 47.4 Å². The number of urea groups is 1. The summed E-state index contributed by atoms with van der Waals surface area (Å²) in [5.74, 6) is -2.73. The molecule has 0 radical (unpaired) electrons. The van der Waals surface area contributed by atoms with Gasteiger partial charge in [-0.05, 0) is 60.6 Å². The van der Waals surface area contributed by atoms with Crippen LogP contribution in [0, 0.1) is 11.7 Å². The van der Waals surface area contributed by atoms with Crippen LogP contribution in [0.3, 0.4) is 0 Å². The zero-order valence-corrected chi connectivity index (χ0v) is 23.4. The Morgan fingerprint density at radius 3 is 2.09 bits per heavy atom. The fourth-order valence-electron chi connectivity index (χ4n) is 6.03. The number of likely N-dealkylation sites (tertiary alicyclic amines) is 1. The average molecular weight is 643 g/mol. The van der Waals surface area contributed by atoms with Crippen molar-refractivity contribution in [3.8, 4) is 0 Å². The van der Waals surface area contributed by atoms with Crippen LogP contribution in [0.1, 0.15) is 43.4 Å². The van der Waals surface area contributed by atoms with E-state index in [0.717, 1.165) is 29.2 Å². The second-order valence-electron chi connectivity index (χ2n) is 10.9. The number of alkyl halides is 7. The molecule has 0 aromatic heterocycles. The normalized spacial score (nSPS) is 21.7. The Balaban J connectivity index is 1.91. The number of aryl methyl sites for hydroxylation is 1. The number of amides is 2. The van der Waals surface area contributed by atoms with Gasteiger partial charge in [-0.25, -0.2) is 26.8 Å². The van der Waals surface area contributed by atoms with Crippen LogP contribution in [-0.4, -0.2) is 61.4 Å². The van der Waals surface area contributed by atoms with Crippen molar-refractivity contribution >= 4 is 21.8 Å². The van der Waals surface area contributed by atoms with Crippen molar-refractivity contribution in [1.29, 1.82) is 0 Å². The first-order valence-electron chi connectivity index (χ1n) is 13.0. The van der Waals surface area contributed by atoms with E-state index < -0.39 is 85.3 Å². The number of carbonyl (C=O) groups is 2. The molecule has 1 unspecified atom stereocenters. The SMILES string of the molecule is CC(C)C(NC(=O)N1CC[C@@]2(S(=O)(=O)c3ccc(F)cc3)c3ccc(C(F)(C(F)(F)F)C(F)(F)F)cc3CC[C@@H]12)C(=O)O. The number of sulfone groups is 1. The summed E-state index contributed by atoms with van der Waals surface area (Å²) in [7, 11) is -4.67. The minimum Gasteiger partial charge on any atom is -0.480 e. The van der Waals surface area contributed by atoms with Gasteiger partial charge in [0.05, 0.1) is 10.9 Å². The van der Waals surface area contributed by atoms with Crippen LogP contribution in [-0.2, 0) is 31.5 Å². The molecule has 16 heteroatoms. The van der Waals surface area contributed by atoms with Gasteiger partial charge in [-0.15, -0.1) is 0 Å². The number of rotatable bonds is 6. The number of hydrogen-bond donors (Lipinski definition) is 2. The van der Waals surface area contributed by atoms with Crippen LogP contribution in [0.25, 0.3) is 0 Å². The predicted molar refractivity (Wildman–Crippen MR) is 135 cm³/mol. The van der Waals surface area contributed by atoms with E-state index in [1.807, 2.05) is 0 Å². The first-order chi connectivity index (χ1) is 19.7. The number of carboxylic acid groups (broad SMARTS) is 1. The van der Waals surface area contributed by atoms with Gasteiger partial charge in [-0.3, -0.25) is 0 Å². The van der Waals surface area contributed by atoms with E-state index in [1.54, 1.807) is 0 Å². The number of carbonyl (C=O) groups excluding carboxylic acids is 1. The predicted octanol–water partition coefficient (Wildman–Crippen LogP) is 5.62. The highest BCUT2D eigenvalue weighted by molar-refractivity contribution is 7.92. The van der Waals surface area contributed by atoms with Crippen LogP contribution in [0.5, 0.6) is 0 Å². The molecule has 3 atom stereocenters. The van der Waals surface area contributed by atoms with E-state index in [9.17, 15) is 58.2 Å². The highest BCUT2D eigenvalue weighted by Crippen LogP contribution is 2.56. The third-order valence-electron chi connectivity index (χ3n) is 8.14. The molecule has 0 spiro atoms. The molecule has 1 saturated heterocycles. The zero-order valence-electron chi connectivity index (χ0n) is 22.6. The summed E-state index contributed by atoms with van der Waals surface area (Å²) in [6, 6.07) is 1.24. The fourth-order valence-corrected chi connectivity index (χ4v) is 8.39. The molecule has 1 heterocycles.